The van der Waals surface area contributed by atoms with Crippen LogP contribution in [0.5, 0.6) is 0 Å². The minimum atomic E-state index is -0.261. The van der Waals surface area contributed by atoms with E-state index in [0.717, 1.165) is 37.3 Å². The molecular weight excluding hydrogens is 342 g/mol. The standard InChI is InChI=1S/C21H31N3O3/c1-17-7-5-8-18(13-17)22-20(25)14-21(26)24-11-6-12-27-19(16-24)15-23-9-3-2-4-10-23/h5,7-8,13,19H,2-4,6,9-12,14-16H2,1H3,(H,22,25). The van der Waals surface area contributed by atoms with Crippen LogP contribution in [0.3, 0.4) is 0 Å². The van der Waals surface area contributed by atoms with Crippen molar-refractivity contribution in [3.8, 4) is 0 Å². The molecule has 1 unspecified atom stereocenters. The maximum Gasteiger partial charge on any atom is 0.233 e. The molecule has 0 aliphatic carbocycles. The first-order valence-corrected chi connectivity index (χ1v) is 10.1. The molecule has 2 heterocycles. The van der Waals surface area contributed by atoms with Crippen LogP contribution < -0.4 is 5.32 Å². The number of amides is 2. The first kappa shape index (κ1) is 19.8. The molecule has 1 aromatic rings. The van der Waals surface area contributed by atoms with Crippen LogP contribution in [-0.2, 0) is 14.3 Å². The topological polar surface area (TPSA) is 61.9 Å². The number of hydrogen-bond acceptors (Lipinski definition) is 4. The lowest BCUT2D eigenvalue weighted by Crippen LogP contribution is -2.44. The highest BCUT2D eigenvalue weighted by molar-refractivity contribution is 6.03. The number of nitrogens with zero attached hydrogens (tertiary/aromatic N) is 2. The van der Waals surface area contributed by atoms with Gasteiger partial charge in [-0.3, -0.25) is 9.59 Å². The zero-order valence-electron chi connectivity index (χ0n) is 16.3. The number of carbonyl (C=O) groups excluding carboxylic acids is 2. The van der Waals surface area contributed by atoms with E-state index >= 15 is 0 Å². The molecule has 0 radical (unpaired) electrons. The predicted molar refractivity (Wildman–Crippen MR) is 106 cm³/mol. The molecule has 0 aromatic heterocycles. The van der Waals surface area contributed by atoms with Crippen molar-refractivity contribution < 1.29 is 14.3 Å². The number of anilines is 1. The van der Waals surface area contributed by atoms with Crippen LogP contribution in [0.1, 0.15) is 37.7 Å². The SMILES string of the molecule is Cc1cccc(NC(=O)CC(=O)N2CCCOC(CN3CCCCC3)C2)c1. The van der Waals surface area contributed by atoms with Gasteiger partial charge in [0.15, 0.2) is 0 Å². The third-order valence-corrected chi connectivity index (χ3v) is 5.23. The van der Waals surface area contributed by atoms with E-state index in [2.05, 4.69) is 10.2 Å². The summed E-state index contributed by atoms with van der Waals surface area (Å²) in [6.45, 7) is 7.00. The summed E-state index contributed by atoms with van der Waals surface area (Å²) in [5.41, 5.74) is 1.80. The Morgan fingerprint density at radius 1 is 1.15 bits per heavy atom. The number of aryl methyl sites for hydroxylation is 1. The number of benzene rings is 1. The van der Waals surface area contributed by atoms with Crippen molar-refractivity contribution in [1.82, 2.24) is 9.80 Å². The molecule has 1 N–H and O–H groups in total. The summed E-state index contributed by atoms with van der Waals surface area (Å²) in [5, 5.41) is 2.82. The van der Waals surface area contributed by atoms with Gasteiger partial charge in [0.1, 0.15) is 6.42 Å². The number of carbonyl (C=O) groups is 2. The molecule has 27 heavy (non-hydrogen) atoms. The molecule has 2 aliphatic rings. The summed E-state index contributed by atoms with van der Waals surface area (Å²) < 4.78 is 5.96. The van der Waals surface area contributed by atoms with Crippen molar-refractivity contribution in [3.05, 3.63) is 29.8 Å². The van der Waals surface area contributed by atoms with Gasteiger partial charge in [-0.1, -0.05) is 18.6 Å². The maximum atomic E-state index is 12.7. The largest absolute Gasteiger partial charge is 0.375 e. The summed E-state index contributed by atoms with van der Waals surface area (Å²) in [7, 11) is 0. The second kappa shape index (κ2) is 9.85. The Morgan fingerprint density at radius 3 is 2.74 bits per heavy atom. The van der Waals surface area contributed by atoms with E-state index in [0.29, 0.717) is 19.7 Å². The number of likely N-dealkylation sites (tertiary alicyclic amines) is 1. The molecule has 6 nitrogen and oxygen atoms in total. The van der Waals surface area contributed by atoms with E-state index in [1.807, 2.05) is 31.2 Å². The Hall–Kier alpha value is -1.92. The van der Waals surface area contributed by atoms with Crippen molar-refractivity contribution >= 4 is 17.5 Å². The Bertz CT molecular complexity index is 643. The molecule has 2 saturated heterocycles. The predicted octanol–water partition coefficient (Wildman–Crippen LogP) is 2.43. The first-order chi connectivity index (χ1) is 13.1. The second-order valence-corrected chi connectivity index (χ2v) is 7.64. The third-order valence-electron chi connectivity index (χ3n) is 5.23. The monoisotopic (exact) mass is 373 g/mol. The van der Waals surface area contributed by atoms with E-state index in [1.165, 1.54) is 19.3 Å². The Kier molecular flexibility index (Phi) is 7.24. The number of piperidine rings is 1. The molecule has 6 heteroatoms. The molecule has 3 rings (SSSR count). The maximum absolute atomic E-state index is 12.7. The summed E-state index contributed by atoms with van der Waals surface area (Å²) in [4.78, 5) is 29.2. The minimum Gasteiger partial charge on any atom is -0.375 e. The number of ether oxygens (including phenoxy) is 1. The van der Waals surface area contributed by atoms with Gasteiger partial charge in [0.05, 0.1) is 6.10 Å². The minimum absolute atomic E-state index is 0.0365. The van der Waals surface area contributed by atoms with Crippen LogP contribution >= 0.6 is 0 Å². The summed E-state index contributed by atoms with van der Waals surface area (Å²) >= 11 is 0. The normalized spacial score (nSPS) is 21.5. The van der Waals surface area contributed by atoms with Crippen LogP contribution in [0.4, 0.5) is 5.69 Å². The molecule has 2 aliphatic heterocycles. The lowest BCUT2D eigenvalue weighted by atomic mass is 10.1. The molecule has 0 spiro atoms. The van der Waals surface area contributed by atoms with Crippen molar-refractivity contribution in [2.45, 2.75) is 45.1 Å². The molecule has 2 fully saturated rings. The molecule has 0 saturated carbocycles. The fourth-order valence-corrected chi connectivity index (χ4v) is 3.84. The second-order valence-electron chi connectivity index (χ2n) is 7.64. The van der Waals surface area contributed by atoms with Crippen LogP contribution in [-0.4, -0.2) is 67.0 Å². The molecule has 2 amide bonds. The van der Waals surface area contributed by atoms with Crippen molar-refractivity contribution in [3.63, 3.8) is 0 Å². The highest BCUT2D eigenvalue weighted by Crippen LogP contribution is 2.14. The van der Waals surface area contributed by atoms with Crippen LogP contribution in [0.15, 0.2) is 24.3 Å². The van der Waals surface area contributed by atoms with Crippen LogP contribution in [0.2, 0.25) is 0 Å². The van der Waals surface area contributed by atoms with Gasteiger partial charge in [-0.05, 0) is 57.0 Å². The third kappa shape index (κ3) is 6.33. The molecule has 0 bridgehead atoms. The van der Waals surface area contributed by atoms with Gasteiger partial charge in [-0.25, -0.2) is 0 Å². The van der Waals surface area contributed by atoms with E-state index < -0.39 is 0 Å². The fourth-order valence-electron chi connectivity index (χ4n) is 3.84. The average Bonchev–Trinajstić information content (AvgIpc) is 2.88. The Morgan fingerprint density at radius 2 is 1.96 bits per heavy atom. The van der Waals surface area contributed by atoms with E-state index in [4.69, 9.17) is 4.74 Å². The molecule has 1 atom stereocenters. The van der Waals surface area contributed by atoms with Gasteiger partial charge in [-0.15, -0.1) is 0 Å². The lowest BCUT2D eigenvalue weighted by molar-refractivity contribution is -0.135. The van der Waals surface area contributed by atoms with Gasteiger partial charge >= 0.3 is 0 Å². The van der Waals surface area contributed by atoms with E-state index in [-0.39, 0.29) is 24.3 Å². The van der Waals surface area contributed by atoms with Crippen LogP contribution in [0, 0.1) is 6.92 Å². The van der Waals surface area contributed by atoms with Gasteiger partial charge in [0.25, 0.3) is 0 Å². The Balaban J connectivity index is 1.50. The van der Waals surface area contributed by atoms with Gasteiger partial charge in [0.2, 0.25) is 11.8 Å². The van der Waals surface area contributed by atoms with E-state index in [9.17, 15) is 9.59 Å². The zero-order valence-corrected chi connectivity index (χ0v) is 16.3. The molecular formula is C21H31N3O3. The van der Waals surface area contributed by atoms with Gasteiger partial charge in [-0.2, -0.15) is 0 Å². The summed E-state index contributed by atoms with van der Waals surface area (Å²) in [6.07, 6.45) is 4.53. The molecule has 1 aromatic carbocycles. The first-order valence-electron chi connectivity index (χ1n) is 10.1. The summed E-state index contributed by atoms with van der Waals surface area (Å²) in [5.74, 6) is -0.377. The molecule has 148 valence electrons. The van der Waals surface area contributed by atoms with Gasteiger partial charge in [0, 0.05) is 31.9 Å². The number of nitrogens with one attached hydrogen (secondary N) is 1. The van der Waals surface area contributed by atoms with Crippen LogP contribution in [0.25, 0.3) is 0 Å². The fraction of sp³-hybridized carbons (Fsp3) is 0.619. The zero-order chi connectivity index (χ0) is 19.1. The quantitative estimate of drug-likeness (QED) is 0.806. The van der Waals surface area contributed by atoms with Gasteiger partial charge < -0.3 is 19.9 Å². The van der Waals surface area contributed by atoms with Crippen molar-refractivity contribution in [2.75, 3.05) is 44.6 Å². The highest BCUT2D eigenvalue weighted by atomic mass is 16.5. The average molecular weight is 373 g/mol. The van der Waals surface area contributed by atoms with Crippen molar-refractivity contribution in [2.24, 2.45) is 0 Å². The van der Waals surface area contributed by atoms with E-state index in [1.54, 1.807) is 4.90 Å². The number of rotatable bonds is 5. The highest BCUT2D eigenvalue weighted by Gasteiger charge is 2.26. The van der Waals surface area contributed by atoms with Crippen molar-refractivity contribution in [1.29, 1.82) is 0 Å². The smallest absolute Gasteiger partial charge is 0.233 e. The Labute approximate surface area is 161 Å². The lowest BCUT2D eigenvalue weighted by Gasteiger charge is -2.31. The summed E-state index contributed by atoms with van der Waals surface area (Å²) in [6, 6.07) is 7.60. The number of hydrogen-bond donors (Lipinski definition) is 1.